The number of nitrogens with two attached hydrogens (primary N) is 1. The molecule has 4 nitrogen and oxygen atoms in total. The van der Waals surface area contributed by atoms with Crippen LogP contribution >= 0.6 is 12.2 Å². The number of carbonyl (C=O) groups is 1. The Kier molecular flexibility index (Phi) is 5.76. The molecule has 104 valence electrons. The van der Waals surface area contributed by atoms with E-state index in [1.807, 2.05) is 31.3 Å². The molecule has 0 atom stereocenters. The molecule has 0 aromatic heterocycles. The van der Waals surface area contributed by atoms with Crippen LogP contribution in [0.5, 0.6) is 0 Å². The van der Waals surface area contributed by atoms with E-state index in [-0.39, 0.29) is 5.91 Å². The first-order valence-corrected chi connectivity index (χ1v) is 6.64. The second kappa shape index (κ2) is 7.09. The molecule has 0 unspecified atom stereocenters. The van der Waals surface area contributed by atoms with Crippen molar-refractivity contribution in [3.8, 4) is 0 Å². The summed E-state index contributed by atoms with van der Waals surface area (Å²) in [7, 11) is 5.55. The average molecular weight is 279 g/mol. The zero-order chi connectivity index (χ0) is 14.4. The molecule has 1 rings (SSSR count). The van der Waals surface area contributed by atoms with Crippen molar-refractivity contribution in [2.75, 3.05) is 32.6 Å². The van der Waals surface area contributed by atoms with Crippen LogP contribution in [0, 0.1) is 0 Å². The fourth-order valence-electron chi connectivity index (χ4n) is 1.72. The second-order valence-corrected chi connectivity index (χ2v) is 5.17. The minimum absolute atomic E-state index is 0.158. The van der Waals surface area contributed by atoms with Gasteiger partial charge in [0.1, 0.15) is 4.99 Å². The van der Waals surface area contributed by atoms with Gasteiger partial charge in [-0.2, -0.15) is 0 Å². The zero-order valence-electron chi connectivity index (χ0n) is 11.7. The minimum Gasteiger partial charge on any atom is -0.389 e. The number of amides is 1. The van der Waals surface area contributed by atoms with Gasteiger partial charge in [0.15, 0.2) is 0 Å². The number of hydrogen-bond donors (Lipinski definition) is 1. The largest absolute Gasteiger partial charge is 0.389 e. The number of carbonyl (C=O) groups excluding carboxylic acids is 1. The molecular weight excluding hydrogens is 258 g/mol. The van der Waals surface area contributed by atoms with Crippen molar-refractivity contribution in [2.24, 2.45) is 5.73 Å². The average Bonchev–Trinajstić information content (AvgIpc) is 2.38. The van der Waals surface area contributed by atoms with Crippen LogP contribution in [0.3, 0.4) is 0 Å². The SMILES string of the molecule is CN(C)C(=O)CCCN(C)c1cccc(C(N)=S)c1. The number of benzene rings is 1. The number of anilines is 1. The summed E-state index contributed by atoms with van der Waals surface area (Å²) >= 11 is 4.97. The quantitative estimate of drug-likeness (QED) is 0.804. The Hall–Kier alpha value is -1.62. The highest BCUT2D eigenvalue weighted by Gasteiger charge is 2.06. The molecule has 0 aliphatic rings. The van der Waals surface area contributed by atoms with E-state index in [4.69, 9.17) is 18.0 Å². The Labute approximate surface area is 120 Å². The maximum Gasteiger partial charge on any atom is 0.222 e. The first-order valence-electron chi connectivity index (χ1n) is 6.23. The molecule has 1 amide bonds. The van der Waals surface area contributed by atoms with Crippen LogP contribution in [0.1, 0.15) is 18.4 Å². The van der Waals surface area contributed by atoms with Gasteiger partial charge in [0.05, 0.1) is 0 Å². The van der Waals surface area contributed by atoms with Gasteiger partial charge < -0.3 is 15.5 Å². The standard InChI is InChI=1S/C14H21N3OS/c1-16(2)13(18)8-5-9-17(3)12-7-4-6-11(10-12)14(15)19/h4,6-7,10H,5,8-9H2,1-3H3,(H2,15,19). The van der Waals surface area contributed by atoms with Crippen LogP contribution in [0.25, 0.3) is 0 Å². The van der Waals surface area contributed by atoms with Crippen LogP contribution in [0.15, 0.2) is 24.3 Å². The molecule has 0 heterocycles. The van der Waals surface area contributed by atoms with E-state index in [0.29, 0.717) is 11.4 Å². The lowest BCUT2D eigenvalue weighted by atomic mass is 10.2. The fraction of sp³-hybridized carbons (Fsp3) is 0.429. The summed E-state index contributed by atoms with van der Waals surface area (Å²) in [6, 6.07) is 7.81. The summed E-state index contributed by atoms with van der Waals surface area (Å²) in [4.78, 5) is 15.6. The summed E-state index contributed by atoms with van der Waals surface area (Å²) < 4.78 is 0. The highest BCUT2D eigenvalue weighted by atomic mass is 32.1. The predicted octanol–water partition coefficient (Wildman–Crippen LogP) is 1.63. The van der Waals surface area contributed by atoms with Gasteiger partial charge in [-0.05, 0) is 18.6 Å². The molecule has 0 fully saturated rings. The van der Waals surface area contributed by atoms with Gasteiger partial charge in [-0.15, -0.1) is 0 Å². The van der Waals surface area contributed by atoms with Gasteiger partial charge >= 0.3 is 0 Å². The second-order valence-electron chi connectivity index (χ2n) is 4.73. The molecule has 1 aromatic rings. The molecule has 5 heteroatoms. The molecule has 2 N–H and O–H groups in total. The van der Waals surface area contributed by atoms with Crippen molar-refractivity contribution < 1.29 is 4.79 Å². The van der Waals surface area contributed by atoms with Gasteiger partial charge in [-0.1, -0.05) is 24.4 Å². The smallest absolute Gasteiger partial charge is 0.222 e. The third-order valence-electron chi connectivity index (χ3n) is 2.95. The Bertz CT molecular complexity index is 460. The normalized spacial score (nSPS) is 10.1. The van der Waals surface area contributed by atoms with Crippen molar-refractivity contribution in [3.63, 3.8) is 0 Å². The molecule has 0 saturated carbocycles. The van der Waals surface area contributed by atoms with Crippen molar-refractivity contribution >= 4 is 28.8 Å². The first kappa shape index (κ1) is 15.4. The fourth-order valence-corrected chi connectivity index (χ4v) is 1.84. The highest BCUT2D eigenvalue weighted by molar-refractivity contribution is 7.80. The zero-order valence-corrected chi connectivity index (χ0v) is 12.5. The maximum absolute atomic E-state index is 11.5. The van der Waals surface area contributed by atoms with E-state index in [2.05, 4.69) is 4.90 Å². The molecule has 0 aliphatic carbocycles. The van der Waals surface area contributed by atoms with E-state index in [9.17, 15) is 4.79 Å². The number of nitrogens with zero attached hydrogens (tertiary/aromatic N) is 2. The third kappa shape index (κ3) is 4.87. The van der Waals surface area contributed by atoms with Crippen LogP contribution in [-0.2, 0) is 4.79 Å². The Morgan fingerprint density at radius 3 is 2.58 bits per heavy atom. The summed E-state index contributed by atoms with van der Waals surface area (Å²) in [6.07, 6.45) is 1.39. The maximum atomic E-state index is 11.5. The Balaban J connectivity index is 2.54. The van der Waals surface area contributed by atoms with Gasteiger partial charge in [-0.3, -0.25) is 4.79 Å². The highest BCUT2D eigenvalue weighted by Crippen LogP contribution is 2.15. The van der Waals surface area contributed by atoms with Gasteiger partial charge in [-0.25, -0.2) is 0 Å². The topological polar surface area (TPSA) is 49.6 Å². The lowest BCUT2D eigenvalue weighted by Gasteiger charge is -2.20. The molecule has 0 saturated heterocycles. The van der Waals surface area contributed by atoms with Crippen molar-refractivity contribution in [2.45, 2.75) is 12.8 Å². The number of hydrogen-bond acceptors (Lipinski definition) is 3. The lowest BCUT2D eigenvalue weighted by Crippen LogP contribution is -2.24. The summed E-state index contributed by atoms with van der Waals surface area (Å²) in [5, 5.41) is 0. The summed E-state index contributed by atoms with van der Waals surface area (Å²) in [5.41, 5.74) is 7.54. The van der Waals surface area contributed by atoms with Crippen molar-refractivity contribution in [1.29, 1.82) is 0 Å². The van der Waals surface area contributed by atoms with Crippen LogP contribution in [-0.4, -0.2) is 43.5 Å². The van der Waals surface area contributed by atoms with E-state index in [1.165, 1.54) is 0 Å². The minimum atomic E-state index is 0.158. The third-order valence-corrected chi connectivity index (χ3v) is 3.19. The Morgan fingerprint density at radius 1 is 1.32 bits per heavy atom. The predicted molar refractivity (Wildman–Crippen MR) is 83.5 cm³/mol. The van der Waals surface area contributed by atoms with Gasteiger partial charge in [0.25, 0.3) is 0 Å². The first-order chi connectivity index (χ1) is 8.91. The van der Waals surface area contributed by atoms with Crippen LogP contribution in [0.4, 0.5) is 5.69 Å². The van der Waals surface area contributed by atoms with E-state index in [1.54, 1.807) is 19.0 Å². The summed E-state index contributed by atoms with van der Waals surface area (Å²) in [6.45, 7) is 0.820. The van der Waals surface area contributed by atoms with E-state index < -0.39 is 0 Å². The molecule has 0 spiro atoms. The van der Waals surface area contributed by atoms with Gasteiger partial charge in [0.2, 0.25) is 5.91 Å². The van der Waals surface area contributed by atoms with Crippen molar-refractivity contribution in [1.82, 2.24) is 4.90 Å². The number of rotatable bonds is 6. The van der Waals surface area contributed by atoms with Crippen molar-refractivity contribution in [3.05, 3.63) is 29.8 Å². The monoisotopic (exact) mass is 279 g/mol. The van der Waals surface area contributed by atoms with Crippen LogP contribution < -0.4 is 10.6 Å². The van der Waals surface area contributed by atoms with E-state index >= 15 is 0 Å². The lowest BCUT2D eigenvalue weighted by molar-refractivity contribution is -0.128. The molecule has 1 aromatic carbocycles. The van der Waals surface area contributed by atoms with Crippen LogP contribution in [0.2, 0.25) is 0 Å². The Morgan fingerprint density at radius 2 is 2.00 bits per heavy atom. The summed E-state index contributed by atoms with van der Waals surface area (Å²) in [5.74, 6) is 0.158. The molecule has 0 aliphatic heterocycles. The van der Waals surface area contributed by atoms with E-state index in [0.717, 1.165) is 24.2 Å². The number of thiocarbonyl (C=S) groups is 1. The molecule has 0 bridgehead atoms. The molecular formula is C14H21N3OS. The molecule has 19 heavy (non-hydrogen) atoms. The molecule has 0 radical (unpaired) electrons. The van der Waals surface area contributed by atoms with Gasteiger partial charge in [0, 0.05) is 45.4 Å².